The van der Waals surface area contributed by atoms with Crippen LogP contribution in [0.5, 0.6) is 0 Å². The number of anilines is 1. The molecule has 2 aliphatic rings. The lowest BCUT2D eigenvalue weighted by Crippen LogP contribution is -2.25. The average Bonchev–Trinajstić information content (AvgIpc) is 3.28. The number of aryl methyl sites for hydroxylation is 1. The molecule has 0 aliphatic heterocycles. The second-order valence-electron chi connectivity index (χ2n) is 5.45. The van der Waals surface area contributed by atoms with Crippen LogP contribution < -0.4 is 17.0 Å². The van der Waals surface area contributed by atoms with E-state index in [1.54, 1.807) is 0 Å². The molecule has 6 nitrogen and oxygen atoms in total. The van der Waals surface area contributed by atoms with Gasteiger partial charge in [0.15, 0.2) is 0 Å². The molecule has 0 saturated carbocycles. The number of nitrogens with two attached hydrogens (primary N) is 1. The van der Waals surface area contributed by atoms with Gasteiger partial charge in [-0.2, -0.15) is 4.98 Å². The van der Waals surface area contributed by atoms with Crippen LogP contribution >= 0.6 is 0 Å². The standard InChI is InChI=1S/C11H13N5O.C7H6/c1-2-8-5-3-4-6-9(8)16-7-13-10(15-12)14-11(16)17;1-2-7-4-3-6(1)5-7/h3-7H,2,12H2,1H3,(H,14,15,17);1-4H,5H2. The van der Waals surface area contributed by atoms with Crippen LogP contribution in [-0.4, -0.2) is 14.5 Å². The lowest BCUT2D eigenvalue weighted by molar-refractivity contribution is 0.847. The molecule has 1 aromatic carbocycles. The quantitative estimate of drug-likeness (QED) is 0.669. The van der Waals surface area contributed by atoms with Crippen molar-refractivity contribution in [2.75, 3.05) is 5.43 Å². The van der Waals surface area contributed by atoms with Crippen molar-refractivity contribution >= 4 is 5.95 Å². The highest BCUT2D eigenvalue weighted by Crippen LogP contribution is 2.27. The number of hydrazine groups is 1. The van der Waals surface area contributed by atoms with Crippen molar-refractivity contribution in [1.29, 1.82) is 0 Å². The van der Waals surface area contributed by atoms with Crippen LogP contribution in [0, 0.1) is 0 Å². The molecule has 1 heterocycles. The molecule has 2 bridgehead atoms. The van der Waals surface area contributed by atoms with Crippen LogP contribution in [0.15, 0.2) is 70.8 Å². The Morgan fingerprint density at radius 3 is 2.42 bits per heavy atom. The number of fused-ring (bicyclic) bond motifs is 2. The van der Waals surface area contributed by atoms with Crippen LogP contribution in [-0.2, 0) is 6.42 Å². The van der Waals surface area contributed by atoms with E-state index in [4.69, 9.17) is 5.84 Å². The summed E-state index contributed by atoms with van der Waals surface area (Å²) >= 11 is 0. The summed E-state index contributed by atoms with van der Waals surface area (Å²) in [4.78, 5) is 19.4. The van der Waals surface area contributed by atoms with E-state index in [0.29, 0.717) is 0 Å². The second kappa shape index (κ2) is 7.06. The average molecular weight is 321 g/mol. The molecule has 4 rings (SSSR count). The number of allylic oxidation sites excluding steroid dienone is 6. The monoisotopic (exact) mass is 321 g/mol. The zero-order valence-corrected chi connectivity index (χ0v) is 13.4. The zero-order chi connectivity index (χ0) is 16.9. The van der Waals surface area contributed by atoms with Crippen molar-refractivity contribution in [1.82, 2.24) is 14.5 Å². The number of nitrogen functional groups attached to an aromatic ring is 1. The lowest BCUT2D eigenvalue weighted by Gasteiger charge is -2.09. The Hall–Kier alpha value is -2.99. The van der Waals surface area contributed by atoms with Gasteiger partial charge in [0.05, 0.1) is 5.69 Å². The molecule has 122 valence electrons. The van der Waals surface area contributed by atoms with Crippen molar-refractivity contribution in [2.24, 2.45) is 5.84 Å². The van der Waals surface area contributed by atoms with Gasteiger partial charge in [0.2, 0.25) is 5.95 Å². The zero-order valence-electron chi connectivity index (χ0n) is 13.4. The number of para-hydroxylation sites is 1. The van der Waals surface area contributed by atoms with Crippen LogP contribution in [0.2, 0.25) is 0 Å². The fourth-order valence-electron chi connectivity index (χ4n) is 2.63. The number of rotatable bonds is 3. The smallest absolute Gasteiger partial charge is 0.292 e. The van der Waals surface area contributed by atoms with Gasteiger partial charge in [0, 0.05) is 0 Å². The number of benzene rings is 1. The molecule has 2 aliphatic carbocycles. The summed E-state index contributed by atoms with van der Waals surface area (Å²) in [5.74, 6) is 5.25. The minimum absolute atomic E-state index is 0.111. The minimum Gasteiger partial charge on any atom is -0.292 e. The maximum absolute atomic E-state index is 11.8. The highest BCUT2D eigenvalue weighted by Gasteiger charge is 2.08. The van der Waals surface area contributed by atoms with Gasteiger partial charge in [-0.05, 0) is 35.6 Å². The van der Waals surface area contributed by atoms with E-state index in [-0.39, 0.29) is 5.95 Å². The molecular weight excluding hydrogens is 302 g/mol. The first-order valence-corrected chi connectivity index (χ1v) is 7.79. The first kappa shape index (κ1) is 15.9. The largest absolute Gasteiger partial charge is 0.356 e. The Kier molecular flexibility index (Phi) is 4.67. The molecule has 0 saturated heterocycles. The lowest BCUT2D eigenvalue weighted by atomic mass is 10.1. The Morgan fingerprint density at radius 2 is 1.92 bits per heavy atom. The van der Waals surface area contributed by atoms with Crippen LogP contribution in [0.1, 0.15) is 18.9 Å². The van der Waals surface area contributed by atoms with E-state index in [0.717, 1.165) is 17.7 Å². The molecule has 6 heteroatoms. The summed E-state index contributed by atoms with van der Waals surface area (Å²) in [7, 11) is 0. The molecular formula is C18H19N5O. The Balaban J connectivity index is 0.000000198. The van der Waals surface area contributed by atoms with E-state index >= 15 is 0 Å². The van der Waals surface area contributed by atoms with Crippen molar-refractivity contribution in [3.05, 3.63) is 82.1 Å². The molecule has 3 N–H and O–H groups in total. The van der Waals surface area contributed by atoms with Crippen LogP contribution in [0.25, 0.3) is 5.69 Å². The first-order valence-electron chi connectivity index (χ1n) is 7.79. The van der Waals surface area contributed by atoms with Crippen molar-refractivity contribution < 1.29 is 0 Å². The summed E-state index contributed by atoms with van der Waals surface area (Å²) in [5.41, 5.74) is 6.62. The maximum Gasteiger partial charge on any atom is 0.356 e. The Morgan fingerprint density at radius 1 is 1.21 bits per heavy atom. The summed E-state index contributed by atoms with van der Waals surface area (Å²) in [6.07, 6.45) is 12.1. The highest BCUT2D eigenvalue weighted by molar-refractivity contribution is 5.49. The van der Waals surface area contributed by atoms with Crippen molar-refractivity contribution in [3.8, 4) is 5.69 Å². The van der Waals surface area contributed by atoms with Gasteiger partial charge in [-0.1, -0.05) is 49.4 Å². The van der Waals surface area contributed by atoms with Gasteiger partial charge in [0.1, 0.15) is 6.33 Å². The first-order chi connectivity index (χ1) is 11.7. The Bertz CT molecular complexity index is 872. The third-order valence-corrected chi connectivity index (χ3v) is 3.90. The van der Waals surface area contributed by atoms with Crippen molar-refractivity contribution in [3.63, 3.8) is 0 Å². The van der Waals surface area contributed by atoms with E-state index in [1.165, 1.54) is 28.5 Å². The molecule has 0 unspecified atom stereocenters. The van der Waals surface area contributed by atoms with E-state index in [9.17, 15) is 4.79 Å². The van der Waals surface area contributed by atoms with E-state index in [2.05, 4.69) is 39.7 Å². The number of nitrogens with zero attached hydrogens (tertiary/aromatic N) is 3. The summed E-state index contributed by atoms with van der Waals surface area (Å²) in [6.45, 7) is 2.03. The van der Waals surface area contributed by atoms with Gasteiger partial charge in [0.25, 0.3) is 0 Å². The topological polar surface area (TPSA) is 85.8 Å². The minimum atomic E-state index is -0.408. The number of hydrogen-bond acceptors (Lipinski definition) is 5. The molecule has 0 atom stereocenters. The molecule has 0 spiro atoms. The summed E-state index contributed by atoms with van der Waals surface area (Å²) in [5, 5.41) is 0. The fraction of sp³-hybridized carbons (Fsp3) is 0.167. The number of nitrogens with one attached hydrogen (secondary N) is 1. The van der Waals surface area contributed by atoms with Gasteiger partial charge in [-0.25, -0.2) is 15.6 Å². The molecule has 1 aromatic heterocycles. The van der Waals surface area contributed by atoms with Crippen molar-refractivity contribution in [2.45, 2.75) is 19.8 Å². The Labute approximate surface area is 140 Å². The third kappa shape index (κ3) is 3.33. The van der Waals surface area contributed by atoms with Gasteiger partial charge < -0.3 is 0 Å². The van der Waals surface area contributed by atoms with E-state index < -0.39 is 5.69 Å². The third-order valence-electron chi connectivity index (χ3n) is 3.90. The van der Waals surface area contributed by atoms with Gasteiger partial charge >= 0.3 is 5.69 Å². The summed E-state index contributed by atoms with van der Waals surface area (Å²) < 4.78 is 1.40. The van der Waals surface area contributed by atoms with Gasteiger partial charge in [-0.15, -0.1) is 0 Å². The SMILES string of the molecule is C1=CC2=CC=C1C2.CCc1ccccc1-n1cnc(NN)nc1=O. The molecule has 2 aromatic rings. The second-order valence-corrected chi connectivity index (χ2v) is 5.45. The molecule has 0 amide bonds. The van der Waals surface area contributed by atoms with E-state index in [1.807, 2.05) is 31.2 Å². The molecule has 24 heavy (non-hydrogen) atoms. The van der Waals surface area contributed by atoms with Crippen LogP contribution in [0.4, 0.5) is 5.95 Å². The highest BCUT2D eigenvalue weighted by atomic mass is 16.1. The maximum atomic E-state index is 11.8. The number of hydrogen-bond donors (Lipinski definition) is 2. The predicted octanol–water partition coefficient (Wildman–Crippen LogP) is 2.29. The molecule has 0 fully saturated rings. The van der Waals surface area contributed by atoms with Gasteiger partial charge in [-0.3, -0.25) is 9.99 Å². The number of aromatic nitrogens is 3. The predicted molar refractivity (Wildman–Crippen MR) is 94.7 cm³/mol. The normalized spacial score (nSPS) is 13.9. The van der Waals surface area contributed by atoms with Crippen LogP contribution in [0.3, 0.4) is 0 Å². The molecule has 0 radical (unpaired) electrons. The summed E-state index contributed by atoms with van der Waals surface area (Å²) in [6, 6.07) is 7.63. The fourth-order valence-corrected chi connectivity index (χ4v) is 2.63.